The summed E-state index contributed by atoms with van der Waals surface area (Å²) in [5.41, 5.74) is 1.84. The maximum atomic E-state index is 14.4. The highest BCUT2D eigenvalue weighted by Gasteiger charge is 2.34. The molecule has 1 saturated heterocycles. The van der Waals surface area contributed by atoms with Crippen LogP contribution >= 0.6 is 0 Å². The molecule has 0 N–H and O–H groups in total. The Balaban J connectivity index is 1.58. The number of sulfonamides is 1. The summed E-state index contributed by atoms with van der Waals surface area (Å²) in [6.07, 6.45) is 1.17. The van der Waals surface area contributed by atoms with Crippen LogP contribution in [0.1, 0.15) is 24.0 Å². The lowest BCUT2D eigenvalue weighted by molar-refractivity contribution is 0.206. The number of aryl methyl sites for hydroxylation is 1. The van der Waals surface area contributed by atoms with E-state index in [1.807, 2.05) is 24.3 Å². The van der Waals surface area contributed by atoms with Gasteiger partial charge in [0, 0.05) is 25.7 Å². The van der Waals surface area contributed by atoms with E-state index in [2.05, 4.69) is 4.90 Å². The van der Waals surface area contributed by atoms with Crippen molar-refractivity contribution in [1.82, 2.24) is 4.90 Å². The number of nitrogens with zero attached hydrogens (tertiary/aromatic N) is 2. The molecule has 1 fully saturated rings. The molecule has 0 bridgehead atoms. The number of methoxy groups -OCH3 is 1. The molecule has 0 aliphatic carbocycles. The first-order chi connectivity index (χ1) is 16.3. The number of ether oxygens (including phenoxy) is 1. The number of halogens is 2. The summed E-state index contributed by atoms with van der Waals surface area (Å²) >= 11 is 0. The Morgan fingerprint density at radius 1 is 1.00 bits per heavy atom. The zero-order chi connectivity index (χ0) is 24.3. The fourth-order valence-electron chi connectivity index (χ4n) is 4.33. The van der Waals surface area contributed by atoms with E-state index in [1.54, 1.807) is 26.2 Å². The van der Waals surface area contributed by atoms with Gasteiger partial charge in [-0.25, -0.2) is 17.2 Å². The summed E-state index contributed by atoms with van der Waals surface area (Å²) in [6.45, 7) is 3.74. The molecule has 5 nitrogen and oxygen atoms in total. The van der Waals surface area contributed by atoms with Crippen LogP contribution in [0.15, 0.2) is 71.6 Å². The molecule has 0 amide bonds. The van der Waals surface area contributed by atoms with Gasteiger partial charge in [-0.05, 0) is 79.4 Å². The van der Waals surface area contributed by atoms with Crippen LogP contribution in [0.4, 0.5) is 14.5 Å². The minimum absolute atomic E-state index is 0.0197. The van der Waals surface area contributed by atoms with E-state index in [0.717, 1.165) is 30.0 Å². The number of benzene rings is 3. The summed E-state index contributed by atoms with van der Waals surface area (Å²) in [7, 11) is -2.39. The van der Waals surface area contributed by atoms with E-state index in [1.165, 1.54) is 22.5 Å². The second-order valence-corrected chi connectivity index (χ2v) is 10.4. The third-order valence-electron chi connectivity index (χ3n) is 6.21. The van der Waals surface area contributed by atoms with Crippen molar-refractivity contribution in [3.63, 3.8) is 0 Å². The first-order valence-electron chi connectivity index (χ1n) is 11.2. The lowest BCUT2D eigenvalue weighted by Gasteiger charge is -2.39. The van der Waals surface area contributed by atoms with Gasteiger partial charge in [-0.1, -0.05) is 18.2 Å². The van der Waals surface area contributed by atoms with Crippen LogP contribution in [0.25, 0.3) is 0 Å². The molecule has 3 aromatic rings. The van der Waals surface area contributed by atoms with Gasteiger partial charge in [0.05, 0.1) is 17.7 Å². The van der Waals surface area contributed by atoms with E-state index < -0.39 is 21.7 Å². The molecule has 180 valence electrons. The molecule has 0 unspecified atom stereocenters. The second kappa shape index (κ2) is 10.1. The minimum Gasteiger partial charge on any atom is -0.497 e. The number of likely N-dealkylation sites (tertiary alicyclic amines) is 1. The lowest BCUT2D eigenvalue weighted by Crippen LogP contribution is -2.47. The Kier molecular flexibility index (Phi) is 7.19. The molecule has 0 aromatic heterocycles. The van der Waals surface area contributed by atoms with Gasteiger partial charge in [0.2, 0.25) is 0 Å². The Morgan fingerprint density at radius 2 is 1.71 bits per heavy atom. The molecule has 0 saturated carbocycles. The third-order valence-corrected chi connectivity index (χ3v) is 8.10. The van der Waals surface area contributed by atoms with Gasteiger partial charge < -0.3 is 4.74 Å². The van der Waals surface area contributed by atoms with E-state index >= 15 is 0 Å². The van der Waals surface area contributed by atoms with E-state index in [4.69, 9.17) is 4.74 Å². The van der Waals surface area contributed by atoms with Crippen molar-refractivity contribution in [2.75, 3.05) is 24.5 Å². The standard InChI is InChI=1S/C26H28F2N2O3S/c1-19-6-9-23(17-26(19)28)30(34(31,32)25-10-7-21(27)8-11-25)22-12-14-29(15-13-22)18-20-4-3-5-24(16-20)33-2/h3-11,16-17,22H,12-15,18H2,1-2H3. The maximum Gasteiger partial charge on any atom is 0.264 e. The topological polar surface area (TPSA) is 49.9 Å². The van der Waals surface area contributed by atoms with Crippen molar-refractivity contribution in [2.45, 2.75) is 37.2 Å². The Bertz CT molecular complexity index is 1240. The molecule has 0 atom stereocenters. The first kappa shape index (κ1) is 24.2. The molecule has 8 heteroatoms. The fourth-order valence-corrected chi connectivity index (χ4v) is 6.03. The molecule has 0 spiro atoms. The quantitative estimate of drug-likeness (QED) is 0.464. The van der Waals surface area contributed by atoms with Crippen LogP contribution in [0, 0.1) is 18.6 Å². The molecular formula is C26H28F2N2O3S. The molecular weight excluding hydrogens is 458 g/mol. The number of anilines is 1. The van der Waals surface area contributed by atoms with Crippen LogP contribution in [0.5, 0.6) is 5.75 Å². The number of rotatable bonds is 7. The van der Waals surface area contributed by atoms with E-state index in [-0.39, 0.29) is 16.6 Å². The predicted molar refractivity (Wildman–Crippen MR) is 128 cm³/mol. The van der Waals surface area contributed by atoms with Gasteiger partial charge in [0.15, 0.2) is 0 Å². The summed E-state index contributed by atoms with van der Waals surface area (Å²) < 4.78 is 61.8. The van der Waals surface area contributed by atoms with Gasteiger partial charge >= 0.3 is 0 Å². The zero-order valence-electron chi connectivity index (χ0n) is 19.2. The third kappa shape index (κ3) is 5.23. The molecule has 1 aliphatic heterocycles. The number of hydrogen-bond acceptors (Lipinski definition) is 4. The largest absolute Gasteiger partial charge is 0.497 e. The fraction of sp³-hybridized carbons (Fsp3) is 0.308. The van der Waals surface area contributed by atoms with Crippen molar-refractivity contribution in [2.24, 2.45) is 0 Å². The molecule has 1 heterocycles. The summed E-state index contributed by atoms with van der Waals surface area (Å²) in [4.78, 5) is 2.25. The second-order valence-electron chi connectivity index (χ2n) is 8.55. The van der Waals surface area contributed by atoms with Gasteiger partial charge in [-0.2, -0.15) is 0 Å². The highest BCUT2D eigenvalue weighted by molar-refractivity contribution is 7.92. The van der Waals surface area contributed by atoms with Gasteiger partial charge in [0.25, 0.3) is 10.0 Å². The van der Waals surface area contributed by atoms with Gasteiger partial charge in [0.1, 0.15) is 17.4 Å². The van der Waals surface area contributed by atoms with Crippen LogP contribution in [0.2, 0.25) is 0 Å². The molecule has 4 rings (SSSR count). The average Bonchev–Trinajstić information content (AvgIpc) is 2.83. The maximum absolute atomic E-state index is 14.4. The van der Waals surface area contributed by atoms with Crippen LogP contribution in [-0.4, -0.2) is 39.6 Å². The van der Waals surface area contributed by atoms with Crippen molar-refractivity contribution in [3.05, 3.63) is 89.5 Å². The normalized spacial score (nSPS) is 15.3. The molecule has 1 aliphatic rings. The average molecular weight is 487 g/mol. The summed E-state index contributed by atoms with van der Waals surface area (Å²) in [6, 6.07) is 16.7. The SMILES string of the molecule is COc1cccc(CN2CCC(N(c3ccc(C)c(F)c3)S(=O)(=O)c3ccc(F)cc3)CC2)c1. The van der Waals surface area contributed by atoms with Crippen molar-refractivity contribution in [1.29, 1.82) is 0 Å². The summed E-state index contributed by atoms with van der Waals surface area (Å²) in [5.74, 6) is -0.185. The number of hydrogen-bond donors (Lipinski definition) is 0. The van der Waals surface area contributed by atoms with Crippen LogP contribution in [0.3, 0.4) is 0 Å². The monoisotopic (exact) mass is 486 g/mol. The summed E-state index contributed by atoms with van der Waals surface area (Å²) in [5, 5.41) is 0. The van der Waals surface area contributed by atoms with Crippen LogP contribution < -0.4 is 9.04 Å². The smallest absolute Gasteiger partial charge is 0.264 e. The lowest BCUT2D eigenvalue weighted by atomic mass is 10.0. The number of piperidine rings is 1. The van der Waals surface area contributed by atoms with Crippen LogP contribution in [-0.2, 0) is 16.6 Å². The van der Waals surface area contributed by atoms with Gasteiger partial charge in [-0.15, -0.1) is 0 Å². The Hall–Kier alpha value is -2.97. The first-order valence-corrected chi connectivity index (χ1v) is 12.6. The predicted octanol–water partition coefficient (Wildman–Crippen LogP) is 5.14. The molecule has 0 radical (unpaired) electrons. The zero-order valence-corrected chi connectivity index (χ0v) is 20.1. The van der Waals surface area contributed by atoms with Gasteiger partial charge in [-0.3, -0.25) is 9.21 Å². The highest BCUT2D eigenvalue weighted by atomic mass is 32.2. The molecule has 34 heavy (non-hydrogen) atoms. The van der Waals surface area contributed by atoms with E-state index in [9.17, 15) is 17.2 Å². The Labute approximate surface area is 199 Å². The minimum atomic E-state index is -4.02. The molecule has 3 aromatic carbocycles. The van der Waals surface area contributed by atoms with Crippen molar-refractivity contribution in [3.8, 4) is 5.75 Å². The van der Waals surface area contributed by atoms with Crippen molar-refractivity contribution >= 4 is 15.7 Å². The van der Waals surface area contributed by atoms with Crippen molar-refractivity contribution < 1.29 is 21.9 Å². The highest BCUT2D eigenvalue weighted by Crippen LogP contribution is 2.32. The van der Waals surface area contributed by atoms with E-state index in [0.29, 0.717) is 31.5 Å². The Morgan fingerprint density at radius 3 is 2.35 bits per heavy atom.